The van der Waals surface area contributed by atoms with E-state index in [1.54, 1.807) is 12.1 Å². The first-order valence-electron chi connectivity index (χ1n) is 12.2. The number of hydrogen-bond donors (Lipinski definition) is 3. The second-order valence-electron chi connectivity index (χ2n) is 8.91. The molecule has 0 spiro atoms. The molecule has 5 aromatic carbocycles. The first kappa shape index (κ1) is 23.8. The Morgan fingerprint density at radius 2 is 1.26 bits per heavy atom. The Morgan fingerprint density at radius 1 is 0.718 bits per heavy atom. The zero-order valence-corrected chi connectivity index (χ0v) is 20.5. The molecule has 5 aromatic rings. The van der Waals surface area contributed by atoms with Crippen molar-refractivity contribution in [2.24, 2.45) is 10.2 Å². The maximum absolute atomic E-state index is 11.2. The first-order valence-corrected chi connectivity index (χ1v) is 12.2. The predicted octanol–water partition coefficient (Wildman–Crippen LogP) is 6.89. The van der Waals surface area contributed by atoms with Crippen molar-refractivity contribution in [3.05, 3.63) is 125 Å². The second kappa shape index (κ2) is 10.1. The highest BCUT2D eigenvalue weighted by Crippen LogP contribution is 2.30. The summed E-state index contributed by atoms with van der Waals surface area (Å²) < 4.78 is 5.90. The Hall–Kier alpha value is -5.57. The van der Waals surface area contributed by atoms with E-state index >= 15 is 0 Å². The van der Waals surface area contributed by atoms with Crippen LogP contribution in [0.2, 0.25) is 0 Å². The van der Waals surface area contributed by atoms with Gasteiger partial charge in [-0.25, -0.2) is 0 Å². The summed E-state index contributed by atoms with van der Waals surface area (Å²) in [5.41, 5.74) is 8.93. The topological polar surface area (TPSA) is 125 Å². The van der Waals surface area contributed by atoms with Crippen LogP contribution in [0.1, 0.15) is 11.7 Å². The lowest BCUT2D eigenvalue weighted by atomic mass is 10.0. The highest BCUT2D eigenvalue weighted by atomic mass is 16.6. The van der Waals surface area contributed by atoms with Gasteiger partial charge in [0.2, 0.25) is 5.90 Å². The van der Waals surface area contributed by atoms with Crippen molar-refractivity contribution in [3.8, 4) is 0 Å². The lowest BCUT2D eigenvalue weighted by Gasteiger charge is -2.12. The minimum Gasteiger partial charge on any atom is -0.461 e. The van der Waals surface area contributed by atoms with E-state index in [9.17, 15) is 10.1 Å². The van der Waals surface area contributed by atoms with Crippen LogP contribution in [0.3, 0.4) is 0 Å². The van der Waals surface area contributed by atoms with Crippen molar-refractivity contribution < 1.29 is 9.66 Å². The molecule has 0 radical (unpaired) electrons. The van der Waals surface area contributed by atoms with Crippen molar-refractivity contribution in [1.29, 1.82) is 5.41 Å². The van der Waals surface area contributed by atoms with Gasteiger partial charge in [0.25, 0.3) is 5.69 Å². The van der Waals surface area contributed by atoms with Gasteiger partial charge in [0.15, 0.2) is 11.8 Å². The average molecular weight is 515 g/mol. The molecule has 0 aromatic heterocycles. The minimum atomic E-state index is -0.783. The number of nitrogens with one attached hydrogen (secondary N) is 3. The van der Waals surface area contributed by atoms with Crippen LogP contribution in [0, 0.1) is 15.5 Å². The summed E-state index contributed by atoms with van der Waals surface area (Å²) in [7, 11) is 0. The number of benzene rings is 5. The Bertz CT molecular complexity index is 1790. The van der Waals surface area contributed by atoms with E-state index in [2.05, 4.69) is 21.1 Å². The number of nitrogens with zero attached hydrogens (tertiary/aromatic N) is 3. The van der Waals surface area contributed by atoms with Crippen LogP contribution in [-0.2, 0) is 4.74 Å². The van der Waals surface area contributed by atoms with Crippen molar-refractivity contribution in [1.82, 2.24) is 0 Å². The Morgan fingerprint density at radius 3 is 1.85 bits per heavy atom. The van der Waals surface area contributed by atoms with Crippen molar-refractivity contribution in [2.45, 2.75) is 6.10 Å². The van der Waals surface area contributed by atoms with Crippen molar-refractivity contribution in [3.63, 3.8) is 0 Å². The lowest BCUT2D eigenvalue weighted by Crippen LogP contribution is -2.19. The summed E-state index contributed by atoms with van der Waals surface area (Å²) >= 11 is 0. The fourth-order valence-corrected chi connectivity index (χ4v) is 4.57. The SMILES string of the molecule is N=C1O[C@@H](c2ccc([N+](=O)[O-])cc2)C(=N\Nc2cccc3ccccc23)/C1=N\Nc1cccc2ccccc12. The van der Waals surface area contributed by atoms with E-state index in [0.29, 0.717) is 11.3 Å². The van der Waals surface area contributed by atoms with Crippen LogP contribution in [0.15, 0.2) is 119 Å². The minimum absolute atomic E-state index is 0.0364. The van der Waals surface area contributed by atoms with Crippen LogP contribution < -0.4 is 10.9 Å². The number of hydrogen-bond acceptors (Lipinski definition) is 8. The molecule has 1 aliphatic heterocycles. The van der Waals surface area contributed by atoms with E-state index in [-0.39, 0.29) is 17.3 Å². The predicted molar refractivity (Wildman–Crippen MR) is 155 cm³/mol. The van der Waals surface area contributed by atoms with Crippen LogP contribution in [-0.4, -0.2) is 22.2 Å². The molecular weight excluding hydrogens is 492 g/mol. The summed E-state index contributed by atoms with van der Waals surface area (Å²) in [4.78, 5) is 10.7. The molecule has 3 N–H and O–H groups in total. The third-order valence-electron chi connectivity index (χ3n) is 6.51. The van der Waals surface area contributed by atoms with Crippen LogP contribution in [0.4, 0.5) is 17.1 Å². The van der Waals surface area contributed by atoms with Gasteiger partial charge in [-0.15, -0.1) is 0 Å². The number of hydrazone groups is 2. The molecule has 1 atom stereocenters. The average Bonchev–Trinajstić information content (AvgIpc) is 3.29. The first-order chi connectivity index (χ1) is 19.1. The summed E-state index contributed by atoms with van der Waals surface area (Å²) in [6.45, 7) is 0. The summed E-state index contributed by atoms with van der Waals surface area (Å²) in [5.74, 6) is -0.162. The van der Waals surface area contributed by atoms with E-state index in [1.807, 2.05) is 84.9 Å². The summed E-state index contributed by atoms with van der Waals surface area (Å²) in [5, 5.41) is 33.0. The van der Waals surface area contributed by atoms with Crippen LogP contribution >= 0.6 is 0 Å². The number of ether oxygens (including phenoxy) is 1. The molecule has 0 amide bonds. The molecule has 1 saturated heterocycles. The third kappa shape index (κ3) is 4.64. The van der Waals surface area contributed by atoms with Gasteiger partial charge in [0.1, 0.15) is 5.71 Å². The molecule has 190 valence electrons. The Balaban J connectivity index is 1.40. The maximum atomic E-state index is 11.2. The Labute approximate surface area is 223 Å². The van der Waals surface area contributed by atoms with Crippen LogP contribution in [0.25, 0.3) is 21.5 Å². The molecule has 39 heavy (non-hydrogen) atoms. The van der Waals surface area contributed by atoms with Gasteiger partial charge in [-0.3, -0.25) is 26.4 Å². The zero-order valence-electron chi connectivity index (χ0n) is 20.5. The standard InChI is InChI=1S/C30H22N6O3/c31-30-28(35-33-26-14-6-10-20-8-2-4-12-24(20)26)27(29(39-30)21-15-17-22(18-16-21)36(37)38)34-32-25-13-5-9-19-7-1-3-11-23(19)25/h1-18,29,31-33H/b31-30?,34-27-,35-28+/t29-/m0/s1. The molecule has 9 nitrogen and oxygen atoms in total. The fourth-order valence-electron chi connectivity index (χ4n) is 4.57. The summed E-state index contributed by atoms with van der Waals surface area (Å²) in [6.07, 6.45) is -0.783. The van der Waals surface area contributed by atoms with Crippen molar-refractivity contribution >= 4 is 55.9 Å². The Kier molecular flexibility index (Phi) is 6.14. The largest absolute Gasteiger partial charge is 0.461 e. The number of fused-ring (bicyclic) bond motifs is 2. The van der Waals surface area contributed by atoms with E-state index in [0.717, 1.165) is 32.9 Å². The monoisotopic (exact) mass is 514 g/mol. The molecule has 1 aliphatic rings. The highest BCUT2D eigenvalue weighted by Gasteiger charge is 2.37. The number of nitro benzene ring substituents is 1. The van der Waals surface area contributed by atoms with Gasteiger partial charge in [0, 0.05) is 22.9 Å². The maximum Gasteiger partial charge on any atom is 0.269 e. The number of nitro groups is 1. The second-order valence-corrected chi connectivity index (χ2v) is 8.91. The number of rotatable bonds is 6. The van der Waals surface area contributed by atoms with Gasteiger partial charge in [-0.2, -0.15) is 10.2 Å². The fraction of sp³-hybridized carbons (Fsp3) is 0.0333. The molecule has 0 bridgehead atoms. The van der Waals surface area contributed by atoms with Gasteiger partial charge in [-0.1, -0.05) is 72.8 Å². The molecular formula is C30H22N6O3. The molecule has 0 unspecified atom stereocenters. The van der Waals surface area contributed by atoms with E-state index < -0.39 is 11.0 Å². The highest BCUT2D eigenvalue weighted by molar-refractivity contribution is 6.69. The third-order valence-corrected chi connectivity index (χ3v) is 6.51. The van der Waals surface area contributed by atoms with Gasteiger partial charge in [0.05, 0.1) is 16.3 Å². The van der Waals surface area contributed by atoms with Crippen LogP contribution in [0.5, 0.6) is 0 Å². The molecule has 0 aliphatic carbocycles. The normalized spacial score (nSPS) is 17.0. The van der Waals surface area contributed by atoms with Crippen molar-refractivity contribution in [2.75, 3.05) is 10.9 Å². The smallest absolute Gasteiger partial charge is 0.269 e. The molecule has 6 rings (SSSR count). The van der Waals surface area contributed by atoms with E-state index in [4.69, 9.17) is 10.1 Å². The summed E-state index contributed by atoms with van der Waals surface area (Å²) in [6, 6.07) is 33.6. The molecule has 9 heteroatoms. The lowest BCUT2D eigenvalue weighted by molar-refractivity contribution is -0.384. The molecule has 1 heterocycles. The number of non-ortho nitro benzene ring substituents is 1. The van der Waals surface area contributed by atoms with E-state index in [1.165, 1.54) is 12.1 Å². The molecule has 1 fully saturated rings. The zero-order chi connectivity index (χ0) is 26.8. The van der Waals surface area contributed by atoms with Gasteiger partial charge < -0.3 is 4.74 Å². The molecule has 0 saturated carbocycles. The quantitative estimate of drug-likeness (QED) is 0.168. The number of anilines is 2. The van der Waals surface area contributed by atoms with Gasteiger partial charge in [-0.05, 0) is 40.6 Å². The van der Waals surface area contributed by atoms with Gasteiger partial charge >= 0.3 is 0 Å².